The second-order valence-electron chi connectivity index (χ2n) is 6.65. The van der Waals surface area contributed by atoms with E-state index in [9.17, 15) is 5.11 Å². The van der Waals surface area contributed by atoms with Crippen LogP contribution in [0.25, 0.3) is 17.3 Å². The van der Waals surface area contributed by atoms with Crippen LogP contribution in [0.4, 0.5) is 5.82 Å². The average molecular weight is 325 g/mol. The van der Waals surface area contributed by atoms with Crippen molar-refractivity contribution >= 4 is 11.9 Å². The van der Waals surface area contributed by atoms with Crippen LogP contribution in [0.5, 0.6) is 5.75 Å². The number of phenols is 1. The van der Waals surface area contributed by atoms with Gasteiger partial charge in [0.1, 0.15) is 11.6 Å². The third kappa shape index (κ3) is 3.12. The summed E-state index contributed by atoms with van der Waals surface area (Å²) in [6, 6.07) is 7.73. The molecule has 3 rings (SSSR count). The molecule has 0 radical (unpaired) electrons. The number of rotatable bonds is 5. The lowest BCUT2D eigenvalue weighted by Gasteiger charge is -2.44. The van der Waals surface area contributed by atoms with Crippen LogP contribution in [0.15, 0.2) is 30.8 Å². The monoisotopic (exact) mass is 325 g/mol. The molecule has 1 heterocycles. The number of ether oxygens (including phenoxy) is 1. The van der Waals surface area contributed by atoms with E-state index in [0.29, 0.717) is 17.3 Å². The molecule has 1 aliphatic rings. The molecular weight excluding hydrogens is 302 g/mol. The van der Waals surface area contributed by atoms with E-state index < -0.39 is 0 Å². The van der Waals surface area contributed by atoms with Crippen molar-refractivity contribution in [3.63, 3.8) is 0 Å². The number of aryl methyl sites for hydroxylation is 1. The Kier molecular flexibility index (Phi) is 4.28. The highest BCUT2D eigenvalue weighted by Gasteiger charge is 2.40. The predicted octanol–water partition coefficient (Wildman–Crippen LogP) is 3.78. The van der Waals surface area contributed by atoms with Crippen LogP contribution < -0.4 is 5.32 Å². The van der Waals surface area contributed by atoms with Crippen molar-refractivity contribution in [2.45, 2.75) is 38.3 Å². The third-order valence-electron chi connectivity index (χ3n) is 4.70. The van der Waals surface area contributed by atoms with E-state index in [4.69, 9.17) is 4.74 Å². The van der Waals surface area contributed by atoms with Gasteiger partial charge in [-0.1, -0.05) is 18.7 Å². The maximum absolute atomic E-state index is 10.2. The van der Waals surface area contributed by atoms with Crippen molar-refractivity contribution in [2.24, 2.45) is 0 Å². The first-order valence-electron chi connectivity index (χ1n) is 8.06. The van der Waals surface area contributed by atoms with Gasteiger partial charge in [0.15, 0.2) is 0 Å². The number of phenolic OH excluding ortho intramolecular Hbond substituents is 1. The summed E-state index contributed by atoms with van der Waals surface area (Å²) in [6.07, 6.45) is 3.60. The van der Waals surface area contributed by atoms with Crippen LogP contribution in [-0.2, 0) is 4.74 Å². The van der Waals surface area contributed by atoms with Crippen molar-refractivity contribution in [3.8, 4) is 17.0 Å². The molecule has 1 aliphatic carbocycles. The zero-order valence-corrected chi connectivity index (χ0v) is 14.3. The summed E-state index contributed by atoms with van der Waals surface area (Å²) < 4.78 is 5.46. The van der Waals surface area contributed by atoms with E-state index >= 15 is 0 Å². The molecule has 0 unspecified atom stereocenters. The Balaban J connectivity index is 1.77. The molecule has 1 aromatic heterocycles. The standard InChI is InChI=1S/C19H23N3O2/c1-5-13-6-7-15(16(23)9-13)18-12(2)8-17(21-22-18)20-14-10-19(3,11-14)24-4/h5-9,14,23H,1,10-11H2,2-4H3,(H,20,21). The Bertz CT molecular complexity index is 767. The normalized spacial score (nSPS) is 22.7. The molecule has 1 saturated carbocycles. The molecule has 0 bridgehead atoms. The molecule has 0 spiro atoms. The van der Waals surface area contributed by atoms with Crippen LogP contribution in [0, 0.1) is 6.92 Å². The summed E-state index contributed by atoms with van der Waals surface area (Å²) in [5, 5.41) is 22.2. The Morgan fingerprint density at radius 3 is 2.67 bits per heavy atom. The highest BCUT2D eigenvalue weighted by molar-refractivity contribution is 5.72. The maximum Gasteiger partial charge on any atom is 0.149 e. The molecule has 0 atom stereocenters. The highest BCUT2D eigenvalue weighted by Crippen LogP contribution is 2.37. The van der Waals surface area contributed by atoms with Gasteiger partial charge < -0.3 is 15.2 Å². The smallest absolute Gasteiger partial charge is 0.149 e. The number of anilines is 1. The molecule has 2 aromatic rings. The van der Waals surface area contributed by atoms with Gasteiger partial charge in [0.2, 0.25) is 0 Å². The fourth-order valence-corrected chi connectivity index (χ4v) is 3.16. The molecule has 0 aliphatic heterocycles. The molecule has 2 N–H and O–H groups in total. The van der Waals surface area contributed by atoms with Crippen LogP contribution >= 0.6 is 0 Å². The number of nitrogens with one attached hydrogen (secondary N) is 1. The van der Waals surface area contributed by atoms with Crippen LogP contribution in [0.3, 0.4) is 0 Å². The van der Waals surface area contributed by atoms with E-state index in [1.165, 1.54) is 0 Å². The lowest BCUT2D eigenvalue weighted by atomic mass is 9.77. The van der Waals surface area contributed by atoms with Gasteiger partial charge in [-0.3, -0.25) is 0 Å². The topological polar surface area (TPSA) is 67.3 Å². The van der Waals surface area contributed by atoms with E-state index in [0.717, 1.165) is 29.8 Å². The van der Waals surface area contributed by atoms with Gasteiger partial charge in [0.05, 0.1) is 11.3 Å². The Morgan fingerprint density at radius 1 is 1.33 bits per heavy atom. The summed E-state index contributed by atoms with van der Waals surface area (Å²) in [5.74, 6) is 0.932. The van der Waals surface area contributed by atoms with Crippen LogP contribution in [0.1, 0.15) is 30.9 Å². The molecule has 5 heteroatoms. The SMILES string of the molecule is C=Cc1ccc(-c2nnc(NC3CC(C)(OC)C3)cc2C)c(O)c1. The molecule has 1 aromatic carbocycles. The second-order valence-corrected chi connectivity index (χ2v) is 6.65. The Labute approximate surface area is 142 Å². The highest BCUT2D eigenvalue weighted by atomic mass is 16.5. The van der Waals surface area contributed by atoms with Crippen molar-refractivity contribution < 1.29 is 9.84 Å². The molecule has 24 heavy (non-hydrogen) atoms. The summed E-state index contributed by atoms with van der Waals surface area (Å²) in [7, 11) is 1.75. The van der Waals surface area contributed by atoms with Gasteiger partial charge >= 0.3 is 0 Å². The van der Waals surface area contributed by atoms with Gasteiger partial charge in [-0.25, -0.2) is 0 Å². The van der Waals surface area contributed by atoms with Gasteiger partial charge in [0.25, 0.3) is 0 Å². The molecule has 0 amide bonds. The minimum absolute atomic E-state index is 0.0290. The van der Waals surface area contributed by atoms with E-state index in [1.54, 1.807) is 19.3 Å². The fourth-order valence-electron chi connectivity index (χ4n) is 3.16. The number of methoxy groups -OCH3 is 1. The van der Waals surface area contributed by atoms with Gasteiger partial charge in [-0.2, -0.15) is 0 Å². The molecule has 5 nitrogen and oxygen atoms in total. The van der Waals surface area contributed by atoms with Gasteiger partial charge in [0, 0.05) is 18.7 Å². The second kappa shape index (κ2) is 6.24. The first kappa shape index (κ1) is 16.5. The van der Waals surface area contributed by atoms with E-state index in [2.05, 4.69) is 29.0 Å². The Morgan fingerprint density at radius 2 is 2.08 bits per heavy atom. The minimum Gasteiger partial charge on any atom is -0.507 e. The maximum atomic E-state index is 10.2. The number of benzene rings is 1. The molecule has 126 valence electrons. The first-order valence-corrected chi connectivity index (χ1v) is 8.06. The summed E-state index contributed by atoms with van der Waals surface area (Å²) >= 11 is 0. The number of nitrogens with zero attached hydrogens (tertiary/aromatic N) is 2. The number of aromatic nitrogens is 2. The fraction of sp³-hybridized carbons (Fsp3) is 0.368. The average Bonchev–Trinajstić information content (AvgIpc) is 2.54. The molecular formula is C19H23N3O2. The van der Waals surface area contributed by atoms with Crippen molar-refractivity contribution in [1.29, 1.82) is 0 Å². The quantitative estimate of drug-likeness (QED) is 0.875. The van der Waals surface area contributed by atoms with Gasteiger partial charge in [-0.15, -0.1) is 10.2 Å². The lowest BCUT2D eigenvalue weighted by Crippen LogP contribution is -2.49. The zero-order chi connectivity index (χ0) is 17.3. The van der Waals surface area contributed by atoms with Gasteiger partial charge in [-0.05, 0) is 56.0 Å². The molecule has 1 fully saturated rings. The Hall–Kier alpha value is -2.40. The number of aromatic hydroxyl groups is 1. The molecule has 0 saturated heterocycles. The zero-order valence-electron chi connectivity index (χ0n) is 14.3. The minimum atomic E-state index is -0.0290. The third-order valence-corrected chi connectivity index (χ3v) is 4.70. The lowest BCUT2D eigenvalue weighted by molar-refractivity contribution is -0.0625. The van der Waals surface area contributed by atoms with E-state index in [1.807, 2.05) is 25.1 Å². The van der Waals surface area contributed by atoms with Crippen LogP contribution in [-0.4, -0.2) is 34.1 Å². The number of hydrogen-bond donors (Lipinski definition) is 2. The van der Waals surface area contributed by atoms with Crippen molar-refractivity contribution in [2.75, 3.05) is 12.4 Å². The summed E-state index contributed by atoms with van der Waals surface area (Å²) in [4.78, 5) is 0. The van der Waals surface area contributed by atoms with Crippen LogP contribution in [0.2, 0.25) is 0 Å². The largest absolute Gasteiger partial charge is 0.507 e. The number of hydrogen-bond acceptors (Lipinski definition) is 5. The van der Waals surface area contributed by atoms with Crippen molar-refractivity contribution in [3.05, 3.63) is 42.0 Å². The van der Waals surface area contributed by atoms with Crippen molar-refractivity contribution in [1.82, 2.24) is 10.2 Å². The summed E-state index contributed by atoms with van der Waals surface area (Å²) in [5.41, 5.74) is 3.16. The first-order chi connectivity index (χ1) is 11.4. The predicted molar refractivity (Wildman–Crippen MR) is 96.0 cm³/mol. The van der Waals surface area contributed by atoms with E-state index in [-0.39, 0.29) is 11.4 Å². The summed E-state index contributed by atoms with van der Waals surface area (Å²) in [6.45, 7) is 7.79.